The SMILES string of the molecule is COCCN(CC(=O)N(Cc1ccccc1)Cc1sccc1C)C(=O)c1cc(C(F)(F)F)cc(C(F)(F)F)c1. The molecule has 0 radical (unpaired) electrons. The van der Waals surface area contributed by atoms with Gasteiger partial charge in [0.15, 0.2) is 0 Å². The van der Waals surface area contributed by atoms with E-state index in [1.54, 1.807) is 12.1 Å². The lowest BCUT2D eigenvalue weighted by Gasteiger charge is -2.28. The fourth-order valence-corrected chi connectivity index (χ4v) is 4.67. The largest absolute Gasteiger partial charge is 0.416 e. The van der Waals surface area contributed by atoms with Crippen LogP contribution in [0.4, 0.5) is 26.3 Å². The number of hydrogen-bond acceptors (Lipinski definition) is 4. The van der Waals surface area contributed by atoms with Gasteiger partial charge >= 0.3 is 12.4 Å². The third kappa shape index (κ3) is 8.30. The van der Waals surface area contributed by atoms with E-state index in [4.69, 9.17) is 4.74 Å². The quantitative estimate of drug-likeness (QED) is 0.264. The zero-order valence-corrected chi connectivity index (χ0v) is 21.9. The summed E-state index contributed by atoms with van der Waals surface area (Å²) in [7, 11) is 1.32. The molecule has 0 aliphatic heterocycles. The number of thiophene rings is 1. The molecule has 0 saturated carbocycles. The van der Waals surface area contributed by atoms with E-state index < -0.39 is 47.4 Å². The van der Waals surface area contributed by atoms with Crippen molar-refractivity contribution in [1.82, 2.24) is 9.80 Å². The fraction of sp³-hybridized carbons (Fsp3) is 0.333. The molecular formula is C27H26F6N2O3S. The van der Waals surface area contributed by atoms with Crippen molar-refractivity contribution in [2.75, 3.05) is 26.8 Å². The molecule has 3 aromatic rings. The lowest BCUT2D eigenvalue weighted by Crippen LogP contribution is -2.43. The number of carbonyl (C=O) groups excluding carboxylic acids is 2. The maximum atomic E-state index is 13.5. The van der Waals surface area contributed by atoms with Crippen molar-refractivity contribution in [3.63, 3.8) is 0 Å². The summed E-state index contributed by atoms with van der Waals surface area (Å²) in [4.78, 5) is 30.0. The van der Waals surface area contributed by atoms with Crippen LogP contribution in [0.25, 0.3) is 0 Å². The zero-order valence-electron chi connectivity index (χ0n) is 21.1. The number of rotatable bonds is 10. The smallest absolute Gasteiger partial charge is 0.383 e. The first-order valence-electron chi connectivity index (χ1n) is 11.7. The van der Waals surface area contributed by atoms with Gasteiger partial charge in [-0.2, -0.15) is 26.3 Å². The number of hydrogen-bond donors (Lipinski definition) is 0. The van der Waals surface area contributed by atoms with Gasteiger partial charge in [-0.1, -0.05) is 30.3 Å². The predicted octanol–water partition coefficient (Wildman–Crippen LogP) is 6.41. The van der Waals surface area contributed by atoms with Gasteiger partial charge in [0, 0.05) is 30.6 Å². The standard InChI is InChI=1S/C27H26F6N2O3S/c1-18-8-11-39-23(18)16-35(15-19-6-4-3-5-7-19)24(36)17-34(9-10-38-2)25(37)20-12-21(26(28,29)30)14-22(13-20)27(31,32)33/h3-8,11-14H,9-10,15-17H2,1-2H3. The van der Waals surface area contributed by atoms with Crippen LogP contribution in [0, 0.1) is 6.92 Å². The van der Waals surface area contributed by atoms with Crippen LogP contribution >= 0.6 is 11.3 Å². The number of amides is 2. The minimum Gasteiger partial charge on any atom is -0.383 e. The molecule has 2 amide bonds. The molecule has 0 bridgehead atoms. The molecule has 0 unspecified atom stereocenters. The Kier molecular flexibility index (Phi) is 9.78. The molecule has 0 fully saturated rings. The summed E-state index contributed by atoms with van der Waals surface area (Å²) in [5.41, 5.74) is -2.29. The van der Waals surface area contributed by atoms with Crippen molar-refractivity contribution < 1.29 is 40.7 Å². The predicted molar refractivity (Wildman–Crippen MR) is 134 cm³/mol. The second-order valence-electron chi connectivity index (χ2n) is 8.78. The highest BCUT2D eigenvalue weighted by molar-refractivity contribution is 7.10. The molecular weight excluding hydrogens is 546 g/mol. The van der Waals surface area contributed by atoms with Crippen LogP contribution in [0.2, 0.25) is 0 Å². The van der Waals surface area contributed by atoms with Crippen molar-refractivity contribution in [2.24, 2.45) is 0 Å². The number of nitrogens with zero attached hydrogens (tertiary/aromatic N) is 2. The molecule has 1 heterocycles. The molecule has 39 heavy (non-hydrogen) atoms. The van der Waals surface area contributed by atoms with Gasteiger partial charge in [0.25, 0.3) is 5.91 Å². The van der Waals surface area contributed by atoms with Gasteiger partial charge in [0.2, 0.25) is 5.91 Å². The van der Waals surface area contributed by atoms with Crippen LogP contribution in [0.1, 0.15) is 37.5 Å². The number of aryl methyl sites for hydroxylation is 1. The van der Waals surface area contributed by atoms with Crippen molar-refractivity contribution >= 4 is 23.2 Å². The average Bonchev–Trinajstić information content (AvgIpc) is 3.29. The van der Waals surface area contributed by atoms with Crippen molar-refractivity contribution in [3.05, 3.63) is 92.7 Å². The van der Waals surface area contributed by atoms with Crippen LogP contribution in [-0.2, 0) is 35.0 Å². The highest BCUT2D eigenvalue weighted by Crippen LogP contribution is 2.36. The highest BCUT2D eigenvalue weighted by Gasteiger charge is 2.38. The normalized spacial score (nSPS) is 11.9. The Morgan fingerprint density at radius 1 is 0.872 bits per heavy atom. The van der Waals surface area contributed by atoms with Crippen molar-refractivity contribution in [1.29, 1.82) is 0 Å². The molecule has 210 valence electrons. The Morgan fingerprint density at radius 2 is 1.49 bits per heavy atom. The Morgan fingerprint density at radius 3 is 2.00 bits per heavy atom. The van der Waals surface area contributed by atoms with E-state index in [2.05, 4.69) is 0 Å². The first-order chi connectivity index (χ1) is 18.3. The fourth-order valence-electron chi connectivity index (χ4n) is 3.75. The zero-order chi connectivity index (χ0) is 28.8. The summed E-state index contributed by atoms with van der Waals surface area (Å²) >= 11 is 1.44. The second kappa shape index (κ2) is 12.6. The molecule has 0 N–H and O–H groups in total. The third-order valence-electron chi connectivity index (χ3n) is 5.88. The van der Waals surface area contributed by atoms with Gasteiger partial charge in [0.05, 0.1) is 24.3 Å². The molecule has 2 aromatic carbocycles. The van der Waals surface area contributed by atoms with Gasteiger partial charge in [-0.15, -0.1) is 11.3 Å². The van der Waals surface area contributed by atoms with E-state index in [1.165, 1.54) is 23.3 Å². The van der Waals surface area contributed by atoms with E-state index in [9.17, 15) is 35.9 Å². The maximum Gasteiger partial charge on any atom is 0.416 e. The lowest BCUT2D eigenvalue weighted by molar-refractivity contribution is -0.143. The van der Waals surface area contributed by atoms with Gasteiger partial charge in [0.1, 0.15) is 6.54 Å². The number of benzene rings is 2. The monoisotopic (exact) mass is 572 g/mol. The van der Waals surface area contributed by atoms with E-state index >= 15 is 0 Å². The second-order valence-corrected chi connectivity index (χ2v) is 9.78. The number of halogens is 6. The summed E-state index contributed by atoms with van der Waals surface area (Å²) in [6.07, 6.45) is -10.2. The number of carbonyl (C=O) groups is 2. The van der Waals surface area contributed by atoms with Crippen molar-refractivity contribution in [2.45, 2.75) is 32.4 Å². The van der Waals surface area contributed by atoms with Crippen molar-refractivity contribution in [3.8, 4) is 0 Å². The van der Waals surface area contributed by atoms with Crippen LogP contribution in [0.15, 0.2) is 60.0 Å². The Labute approximate surface area is 225 Å². The molecule has 5 nitrogen and oxygen atoms in total. The Hall–Kier alpha value is -3.38. The van der Waals surface area contributed by atoms with E-state index in [0.717, 1.165) is 20.9 Å². The summed E-state index contributed by atoms with van der Waals surface area (Å²) in [5, 5.41) is 1.87. The Bertz CT molecular complexity index is 1240. The third-order valence-corrected chi connectivity index (χ3v) is 6.89. The lowest BCUT2D eigenvalue weighted by atomic mass is 10.0. The minimum absolute atomic E-state index is 0.0492. The van der Waals surface area contributed by atoms with Gasteiger partial charge in [-0.3, -0.25) is 9.59 Å². The topological polar surface area (TPSA) is 49.9 Å². The molecule has 0 atom stereocenters. The average molecular weight is 573 g/mol. The molecule has 0 aliphatic carbocycles. The first-order valence-corrected chi connectivity index (χ1v) is 12.6. The van der Waals surface area contributed by atoms with Gasteiger partial charge in [-0.05, 0) is 47.7 Å². The number of alkyl halides is 6. The molecule has 3 rings (SSSR count). The van der Waals surface area contributed by atoms with Gasteiger partial charge in [-0.25, -0.2) is 0 Å². The molecule has 1 aromatic heterocycles. The van der Waals surface area contributed by atoms with Crippen LogP contribution in [0.3, 0.4) is 0 Å². The molecule has 12 heteroatoms. The molecule has 0 spiro atoms. The van der Waals surface area contributed by atoms with E-state index in [1.807, 2.05) is 36.6 Å². The van der Waals surface area contributed by atoms with E-state index in [0.29, 0.717) is 12.1 Å². The minimum atomic E-state index is -5.12. The number of ether oxygens (including phenoxy) is 1. The summed E-state index contributed by atoms with van der Waals surface area (Å²) in [5.74, 6) is -1.68. The molecule has 0 aliphatic rings. The highest BCUT2D eigenvalue weighted by atomic mass is 32.1. The molecule has 0 saturated heterocycles. The summed E-state index contributed by atoms with van der Waals surface area (Å²) in [6, 6.07) is 11.6. The Balaban J connectivity index is 1.94. The van der Waals surface area contributed by atoms with E-state index in [-0.39, 0.29) is 32.3 Å². The first kappa shape index (κ1) is 30.2. The summed E-state index contributed by atoms with van der Waals surface area (Å²) in [6.45, 7) is 1.40. The van der Waals surface area contributed by atoms with Crippen LogP contribution < -0.4 is 0 Å². The van der Waals surface area contributed by atoms with Crippen LogP contribution in [0.5, 0.6) is 0 Å². The number of methoxy groups -OCH3 is 1. The van der Waals surface area contributed by atoms with Crippen LogP contribution in [-0.4, -0.2) is 48.4 Å². The summed E-state index contributed by atoms with van der Waals surface area (Å²) < 4.78 is 85.2. The maximum absolute atomic E-state index is 13.5. The van der Waals surface area contributed by atoms with Gasteiger partial charge < -0.3 is 14.5 Å².